The highest BCUT2D eigenvalue weighted by molar-refractivity contribution is 5.92. The molecule has 0 spiro atoms. The first kappa shape index (κ1) is 20.7. The van der Waals surface area contributed by atoms with Crippen molar-refractivity contribution in [3.63, 3.8) is 0 Å². The summed E-state index contributed by atoms with van der Waals surface area (Å²) in [5.41, 5.74) is 2.81. The monoisotopic (exact) mass is 409 g/mol. The second-order valence-corrected chi connectivity index (χ2v) is 8.78. The largest absolute Gasteiger partial charge is 0.464 e. The van der Waals surface area contributed by atoms with Gasteiger partial charge < -0.3 is 14.0 Å². The van der Waals surface area contributed by atoms with Crippen molar-refractivity contribution in [2.45, 2.75) is 65.0 Å². The van der Waals surface area contributed by atoms with Gasteiger partial charge in [0.05, 0.1) is 29.0 Å². The predicted octanol–water partition coefficient (Wildman–Crippen LogP) is 4.28. The highest BCUT2D eigenvalue weighted by Gasteiger charge is 2.34. The number of hydrogen-bond donors (Lipinski definition) is 0. The quantitative estimate of drug-likeness (QED) is 0.705. The fourth-order valence-corrected chi connectivity index (χ4v) is 4.30. The fourth-order valence-electron chi connectivity index (χ4n) is 4.30. The molecule has 3 heterocycles. The number of rotatable bonds is 4. The minimum atomic E-state index is 0.154. The predicted molar refractivity (Wildman–Crippen MR) is 116 cm³/mol. The first-order chi connectivity index (χ1) is 14.6. The number of hydrazone groups is 1. The third kappa shape index (κ3) is 4.93. The highest BCUT2D eigenvalue weighted by Crippen LogP contribution is 2.34. The Kier molecular flexibility index (Phi) is 6.24. The summed E-state index contributed by atoms with van der Waals surface area (Å²) >= 11 is 0. The summed E-state index contributed by atoms with van der Waals surface area (Å²) in [6.07, 6.45) is 8.56. The molecule has 1 aromatic carbocycles. The van der Waals surface area contributed by atoms with E-state index in [0.717, 1.165) is 75.2 Å². The minimum Gasteiger partial charge on any atom is -0.464 e. The summed E-state index contributed by atoms with van der Waals surface area (Å²) in [5.74, 6) is 0.844. The van der Waals surface area contributed by atoms with Crippen LogP contribution in [0.2, 0.25) is 0 Å². The van der Waals surface area contributed by atoms with Crippen LogP contribution in [-0.2, 0) is 16.0 Å². The fraction of sp³-hybridized carbons (Fsp3) is 0.609. The van der Waals surface area contributed by atoms with Gasteiger partial charge in [-0.3, -0.25) is 5.01 Å². The van der Waals surface area contributed by atoms with Crippen LogP contribution in [0, 0.1) is 16.7 Å². The van der Waals surface area contributed by atoms with E-state index in [0.29, 0.717) is 12.3 Å². The van der Waals surface area contributed by atoms with E-state index >= 15 is 0 Å². The van der Waals surface area contributed by atoms with Crippen LogP contribution in [0.4, 0.5) is 0 Å². The smallest absolute Gasteiger partial charge is 0.248 e. The van der Waals surface area contributed by atoms with Crippen molar-refractivity contribution < 1.29 is 9.47 Å². The average Bonchev–Trinajstić information content (AvgIpc) is 3.40. The van der Waals surface area contributed by atoms with Gasteiger partial charge in [0.25, 0.3) is 0 Å². The molecule has 0 amide bonds. The molecule has 2 aromatic rings. The van der Waals surface area contributed by atoms with Gasteiger partial charge in [-0.2, -0.15) is 5.26 Å². The van der Waals surface area contributed by atoms with Crippen LogP contribution in [0.5, 0.6) is 0 Å². The molecule has 30 heavy (non-hydrogen) atoms. The van der Waals surface area contributed by atoms with Crippen LogP contribution in [0.15, 0.2) is 29.6 Å². The van der Waals surface area contributed by atoms with E-state index < -0.39 is 0 Å². The van der Waals surface area contributed by atoms with E-state index in [9.17, 15) is 5.26 Å². The van der Waals surface area contributed by atoms with Crippen molar-refractivity contribution in [1.82, 2.24) is 14.6 Å². The molecular weight excluding hydrogens is 378 g/mol. The lowest BCUT2D eigenvalue weighted by Crippen LogP contribution is -2.26. The molecule has 0 N–H and O–H groups in total. The van der Waals surface area contributed by atoms with E-state index in [4.69, 9.17) is 9.47 Å². The van der Waals surface area contributed by atoms with Crippen LogP contribution in [-0.4, -0.2) is 46.4 Å². The van der Waals surface area contributed by atoms with E-state index in [2.05, 4.69) is 34.6 Å². The molecule has 0 saturated carbocycles. The summed E-state index contributed by atoms with van der Waals surface area (Å²) < 4.78 is 13.6. The standard InChI is InChI=1S/C23H31N5O2/c1-3-21-22(30-21)26-28-11-6-10-23(2,9-4-5-12-29-17-28)15-27-16-25-19-8-7-18(14-24)13-20(19)27/h7-8,13,16,21H,3-6,9-12,15,17H2,1-2H3/b26-22+. The summed E-state index contributed by atoms with van der Waals surface area (Å²) in [6.45, 7) is 7.54. The highest BCUT2D eigenvalue weighted by atomic mass is 16.6. The van der Waals surface area contributed by atoms with Gasteiger partial charge in [0, 0.05) is 19.7 Å². The normalized spacial score (nSPS) is 26.8. The zero-order chi connectivity index (χ0) is 21.0. The number of hydrogen-bond acceptors (Lipinski definition) is 6. The van der Waals surface area contributed by atoms with Crippen LogP contribution >= 0.6 is 0 Å². The number of aromatic nitrogens is 2. The molecule has 160 valence electrons. The first-order valence-electron chi connectivity index (χ1n) is 11.0. The summed E-state index contributed by atoms with van der Waals surface area (Å²) in [6, 6.07) is 7.95. The van der Waals surface area contributed by atoms with Gasteiger partial charge in [-0.1, -0.05) is 20.3 Å². The number of nitriles is 1. The Morgan fingerprint density at radius 2 is 2.17 bits per heavy atom. The SMILES string of the molecule is CCC1O/C1=N/N1CCCC(C)(Cn2cnc3ccc(C#N)cc32)CCCCOC1. The average molecular weight is 410 g/mol. The zero-order valence-electron chi connectivity index (χ0n) is 18.0. The van der Waals surface area contributed by atoms with Crippen molar-refractivity contribution in [2.24, 2.45) is 10.5 Å². The molecule has 2 aliphatic rings. The molecule has 7 nitrogen and oxygen atoms in total. The van der Waals surface area contributed by atoms with Crippen LogP contribution < -0.4 is 0 Å². The second kappa shape index (κ2) is 9.05. The maximum atomic E-state index is 9.26. The Hall–Kier alpha value is -2.59. The number of fused-ring (bicyclic) bond motifs is 1. The minimum absolute atomic E-state index is 0.154. The summed E-state index contributed by atoms with van der Waals surface area (Å²) in [4.78, 5) is 4.54. The number of ether oxygens (including phenoxy) is 2. The summed E-state index contributed by atoms with van der Waals surface area (Å²) in [7, 11) is 0. The lowest BCUT2D eigenvalue weighted by molar-refractivity contribution is 0.0283. The Morgan fingerprint density at radius 3 is 2.97 bits per heavy atom. The molecule has 0 bridgehead atoms. The van der Waals surface area contributed by atoms with E-state index in [1.807, 2.05) is 29.5 Å². The third-order valence-electron chi connectivity index (χ3n) is 6.15. The molecule has 2 unspecified atom stereocenters. The zero-order valence-corrected chi connectivity index (χ0v) is 18.0. The lowest BCUT2D eigenvalue weighted by Gasteiger charge is -2.31. The lowest BCUT2D eigenvalue weighted by atomic mass is 9.80. The van der Waals surface area contributed by atoms with Gasteiger partial charge in [-0.05, 0) is 55.7 Å². The molecule has 0 radical (unpaired) electrons. The Balaban J connectivity index is 1.46. The topological polar surface area (TPSA) is 79.0 Å². The van der Waals surface area contributed by atoms with Gasteiger partial charge in [0.1, 0.15) is 6.73 Å². The van der Waals surface area contributed by atoms with Crippen molar-refractivity contribution in [3.05, 3.63) is 30.1 Å². The molecule has 2 atom stereocenters. The molecule has 2 aliphatic heterocycles. The van der Waals surface area contributed by atoms with Gasteiger partial charge in [-0.25, -0.2) is 4.98 Å². The van der Waals surface area contributed by atoms with Gasteiger partial charge in [0.2, 0.25) is 5.90 Å². The molecule has 0 aliphatic carbocycles. The van der Waals surface area contributed by atoms with E-state index in [1.54, 1.807) is 0 Å². The van der Waals surface area contributed by atoms with Gasteiger partial charge in [0.15, 0.2) is 6.10 Å². The van der Waals surface area contributed by atoms with Crippen molar-refractivity contribution >= 4 is 16.9 Å². The third-order valence-corrected chi connectivity index (χ3v) is 6.15. The maximum Gasteiger partial charge on any atom is 0.248 e. The number of benzene rings is 1. The van der Waals surface area contributed by atoms with Gasteiger partial charge >= 0.3 is 0 Å². The Labute approximate surface area is 178 Å². The number of epoxide rings is 1. The molecule has 2 saturated heterocycles. The summed E-state index contributed by atoms with van der Waals surface area (Å²) in [5, 5.41) is 15.9. The van der Waals surface area contributed by atoms with Crippen molar-refractivity contribution in [1.29, 1.82) is 5.26 Å². The first-order valence-corrected chi connectivity index (χ1v) is 11.0. The van der Waals surface area contributed by atoms with Crippen LogP contribution in [0.1, 0.15) is 57.9 Å². The van der Waals surface area contributed by atoms with Crippen LogP contribution in [0.25, 0.3) is 11.0 Å². The van der Waals surface area contributed by atoms with E-state index in [1.165, 1.54) is 0 Å². The molecule has 1 aromatic heterocycles. The molecular formula is C23H31N5O2. The van der Waals surface area contributed by atoms with Crippen LogP contribution in [0.3, 0.4) is 0 Å². The molecule has 7 heteroatoms. The molecule has 2 fully saturated rings. The molecule has 4 rings (SSSR count). The van der Waals surface area contributed by atoms with E-state index in [-0.39, 0.29) is 11.5 Å². The maximum absolute atomic E-state index is 9.26. The number of nitrogens with zero attached hydrogens (tertiary/aromatic N) is 5. The second-order valence-electron chi connectivity index (χ2n) is 8.78. The number of imidazole rings is 1. The Bertz CT molecular complexity index is 947. The van der Waals surface area contributed by atoms with Crippen molar-refractivity contribution in [3.8, 4) is 6.07 Å². The Morgan fingerprint density at radius 1 is 1.30 bits per heavy atom. The van der Waals surface area contributed by atoms with Gasteiger partial charge in [-0.15, -0.1) is 5.10 Å². The van der Waals surface area contributed by atoms with Crippen molar-refractivity contribution in [2.75, 3.05) is 19.9 Å².